The number of nitrogens with zero attached hydrogens (tertiary/aromatic N) is 3. The molecule has 6 nitrogen and oxygen atoms in total. The van der Waals surface area contributed by atoms with E-state index in [0.29, 0.717) is 23.8 Å². The molecule has 0 aliphatic heterocycles. The summed E-state index contributed by atoms with van der Waals surface area (Å²) in [5.41, 5.74) is 7.26. The highest BCUT2D eigenvalue weighted by atomic mass is 35.5. The van der Waals surface area contributed by atoms with Crippen molar-refractivity contribution in [2.24, 2.45) is 11.7 Å². The molecule has 1 aromatic heterocycles. The summed E-state index contributed by atoms with van der Waals surface area (Å²) < 4.78 is 14.7. The van der Waals surface area contributed by atoms with Gasteiger partial charge >= 0.3 is 0 Å². The number of amides is 1. The van der Waals surface area contributed by atoms with Crippen LogP contribution in [0.25, 0.3) is 5.69 Å². The van der Waals surface area contributed by atoms with E-state index in [1.807, 2.05) is 0 Å². The fourth-order valence-electron chi connectivity index (χ4n) is 2.39. The second kappa shape index (κ2) is 7.46. The standard InChI is InChI=1S/C15H17ClFN5O.ClH/c1-8-14(15(23)19-7-13(18)9-2-3-9)20-21-22(8)10-4-5-12(17)11(16)6-10;/h4-6,9,13H,2-3,7,18H2,1H3,(H,19,23);1H. The molecule has 9 heteroatoms. The number of aromatic nitrogens is 3. The van der Waals surface area contributed by atoms with Crippen LogP contribution in [0.1, 0.15) is 29.0 Å². The van der Waals surface area contributed by atoms with Crippen LogP contribution in [0.4, 0.5) is 4.39 Å². The van der Waals surface area contributed by atoms with Gasteiger partial charge in [0.1, 0.15) is 5.82 Å². The van der Waals surface area contributed by atoms with Gasteiger partial charge in [0.05, 0.1) is 16.4 Å². The van der Waals surface area contributed by atoms with Crippen molar-refractivity contribution in [1.82, 2.24) is 20.3 Å². The van der Waals surface area contributed by atoms with Crippen LogP contribution in [0.5, 0.6) is 0 Å². The number of rotatable bonds is 5. The van der Waals surface area contributed by atoms with Crippen LogP contribution >= 0.6 is 24.0 Å². The summed E-state index contributed by atoms with van der Waals surface area (Å²) >= 11 is 5.78. The number of hydrogen-bond acceptors (Lipinski definition) is 4. The van der Waals surface area contributed by atoms with Gasteiger partial charge in [-0.15, -0.1) is 17.5 Å². The quantitative estimate of drug-likeness (QED) is 0.841. The van der Waals surface area contributed by atoms with Gasteiger partial charge in [-0.2, -0.15) is 0 Å². The second-order valence-electron chi connectivity index (χ2n) is 5.74. The summed E-state index contributed by atoms with van der Waals surface area (Å²) in [5.74, 6) is -0.327. The van der Waals surface area contributed by atoms with Crippen LogP contribution in [0.2, 0.25) is 5.02 Å². The smallest absolute Gasteiger partial charge is 0.273 e. The zero-order valence-corrected chi connectivity index (χ0v) is 14.6. The molecule has 1 unspecified atom stereocenters. The summed E-state index contributed by atoms with van der Waals surface area (Å²) in [6.45, 7) is 2.13. The summed E-state index contributed by atoms with van der Waals surface area (Å²) in [7, 11) is 0. The number of carbonyl (C=O) groups excluding carboxylic acids is 1. The third-order valence-electron chi connectivity index (χ3n) is 3.98. The van der Waals surface area contributed by atoms with Gasteiger partial charge < -0.3 is 11.1 Å². The molecule has 1 aromatic carbocycles. The van der Waals surface area contributed by atoms with E-state index < -0.39 is 5.82 Å². The van der Waals surface area contributed by atoms with Crippen molar-refractivity contribution in [3.8, 4) is 5.69 Å². The second-order valence-corrected chi connectivity index (χ2v) is 6.15. The lowest BCUT2D eigenvalue weighted by Gasteiger charge is -2.10. The Morgan fingerprint density at radius 1 is 1.54 bits per heavy atom. The Bertz CT molecular complexity index is 747. The first-order valence-corrected chi connectivity index (χ1v) is 7.76. The van der Waals surface area contributed by atoms with E-state index in [4.69, 9.17) is 17.3 Å². The van der Waals surface area contributed by atoms with Crippen LogP contribution in [0.3, 0.4) is 0 Å². The van der Waals surface area contributed by atoms with Crippen molar-refractivity contribution >= 4 is 29.9 Å². The van der Waals surface area contributed by atoms with Crippen molar-refractivity contribution in [2.75, 3.05) is 6.54 Å². The molecule has 1 heterocycles. The molecule has 3 N–H and O–H groups in total. The Labute approximate surface area is 150 Å². The third-order valence-corrected chi connectivity index (χ3v) is 4.27. The van der Waals surface area contributed by atoms with Crippen molar-refractivity contribution in [2.45, 2.75) is 25.8 Å². The number of halogens is 3. The minimum absolute atomic E-state index is 0. The van der Waals surface area contributed by atoms with E-state index in [0.717, 1.165) is 12.8 Å². The highest BCUT2D eigenvalue weighted by Crippen LogP contribution is 2.31. The maximum Gasteiger partial charge on any atom is 0.273 e. The van der Waals surface area contributed by atoms with Crippen molar-refractivity contribution in [1.29, 1.82) is 0 Å². The Balaban J connectivity index is 0.00000208. The largest absolute Gasteiger partial charge is 0.349 e. The molecule has 24 heavy (non-hydrogen) atoms. The Morgan fingerprint density at radius 2 is 2.25 bits per heavy atom. The van der Waals surface area contributed by atoms with E-state index in [2.05, 4.69) is 15.6 Å². The van der Waals surface area contributed by atoms with Crippen LogP contribution in [-0.2, 0) is 0 Å². The number of hydrogen-bond donors (Lipinski definition) is 2. The number of nitrogens with two attached hydrogens (primary N) is 1. The van der Waals surface area contributed by atoms with Crippen LogP contribution in [0, 0.1) is 18.7 Å². The summed E-state index contributed by atoms with van der Waals surface area (Å²) in [5, 5.41) is 10.6. The van der Waals surface area contributed by atoms with Crippen LogP contribution in [-0.4, -0.2) is 33.5 Å². The van der Waals surface area contributed by atoms with Crippen LogP contribution in [0.15, 0.2) is 18.2 Å². The summed E-state index contributed by atoms with van der Waals surface area (Å²) in [6, 6.07) is 4.18. The van der Waals surface area contributed by atoms with Gasteiger partial charge in [0, 0.05) is 12.6 Å². The lowest BCUT2D eigenvalue weighted by atomic mass is 10.2. The minimum atomic E-state index is -0.514. The minimum Gasteiger partial charge on any atom is -0.349 e. The molecule has 1 saturated carbocycles. The molecule has 1 atom stereocenters. The molecule has 0 bridgehead atoms. The molecule has 0 saturated heterocycles. The molecule has 130 valence electrons. The highest BCUT2D eigenvalue weighted by molar-refractivity contribution is 6.30. The van der Waals surface area contributed by atoms with Gasteiger partial charge in [0.2, 0.25) is 0 Å². The third kappa shape index (κ3) is 3.85. The molecule has 0 radical (unpaired) electrons. The molecule has 1 aliphatic carbocycles. The molecule has 1 fully saturated rings. The average molecular weight is 374 g/mol. The fraction of sp³-hybridized carbons (Fsp3) is 0.400. The molecular formula is C15H18Cl2FN5O. The van der Waals surface area contributed by atoms with Gasteiger partial charge in [-0.05, 0) is 43.9 Å². The SMILES string of the molecule is Cc1c(C(=O)NCC(N)C2CC2)nnn1-c1ccc(F)c(Cl)c1.Cl. The molecule has 0 spiro atoms. The maximum absolute atomic E-state index is 13.2. The summed E-state index contributed by atoms with van der Waals surface area (Å²) in [4.78, 5) is 12.2. The first-order chi connectivity index (χ1) is 11.0. The predicted molar refractivity (Wildman–Crippen MR) is 91.3 cm³/mol. The van der Waals surface area contributed by atoms with Crippen molar-refractivity contribution in [3.63, 3.8) is 0 Å². The number of benzene rings is 1. The van der Waals surface area contributed by atoms with Gasteiger partial charge in [0.25, 0.3) is 5.91 Å². The van der Waals surface area contributed by atoms with Crippen molar-refractivity contribution < 1.29 is 9.18 Å². The molecule has 1 amide bonds. The molecule has 2 aromatic rings. The topological polar surface area (TPSA) is 85.8 Å². The zero-order chi connectivity index (χ0) is 16.6. The van der Waals surface area contributed by atoms with E-state index in [1.54, 1.807) is 6.92 Å². The first kappa shape index (κ1) is 18.6. The molecule has 3 rings (SSSR count). The predicted octanol–water partition coefficient (Wildman–Crippen LogP) is 2.26. The maximum atomic E-state index is 13.2. The Morgan fingerprint density at radius 3 is 2.88 bits per heavy atom. The summed E-state index contributed by atoms with van der Waals surface area (Å²) in [6.07, 6.45) is 2.25. The van der Waals surface area contributed by atoms with Gasteiger partial charge in [0.15, 0.2) is 5.69 Å². The monoisotopic (exact) mass is 373 g/mol. The fourth-order valence-corrected chi connectivity index (χ4v) is 2.56. The highest BCUT2D eigenvalue weighted by Gasteiger charge is 2.29. The van der Waals surface area contributed by atoms with E-state index in [-0.39, 0.29) is 35.1 Å². The molecular weight excluding hydrogens is 356 g/mol. The van der Waals surface area contributed by atoms with Crippen molar-refractivity contribution in [3.05, 3.63) is 40.4 Å². The van der Waals surface area contributed by atoms with E-state index in [1.165, 1.54) is 22.9 Å². The first-order valence-electron chi connectivity index (χ1n) is 7.39. The number of nitrogens with one attached hydrogen (secondary N) is 1. The van der Waals surface area contributed by atoms with E-state index in [9.17, 15) is 9.18 Å². The lowest BCUT2D eigenvalue weighted by molar-refractivity contribution is 0.0944. The Kier molecular flexibility index (Phi) is 5.79. The number of carbonyl (C=O) groups is 1. The van der Waals surface area contributed by atoms with Crippen LogP contribution < -0.4 is 11.1 Å². The normalized spacial score (nSPS) is 14.8. The van der Waals surface area contributed by atoms with Gasteiger partial charge in [-0.3, -0.25) is 4.79 Å². The van der Waals surface area contributed by atoms with E-state index >= 15 is 0 Å². The average Bonchev–Trinajstić information content (AvgIpc) is 3.30. The molecule has 1 aliphatic rings. The van der Waals surface area contributed by atoms with Gasteiger partial charge in [-0.25, -0.2) is 9.07 Å². The Hall–Kier alpha value is -1.70. The lowest BCUT2D eigenvalue weighted by Crippen LogP contribution is -2.38. The van der Waals surface area contributed by atoms with Gasteiger partial charge in [-0.1, -0.05) is 16.8 Å². The zero-order valence-electron chi connectivity index (χ0n) is 13.0.